The number of nitrogens with zero attached hydrogens (tertiary/aromatic N) is 2. The second-order valence-electron chi connectivity index (χ2n) is 5.92. The van der Waals surface area contributed by atoms with Crippen LogP contribution in [0.3, 0.4) is 0 Å². The average molecular weight is 362 g/mol. The average Bonchev–Trinajstić information content (AvgIpc) is 3.14. The Kier molecular flexibility index (Phi) is 5.73. The first kappa shape index (κ1) is 17.5. The Morgan fingerprint density at radius 3 is 2.60 bits per heavy atom. The molecular formula is C18H20ClN3O3. The van der Waals surface area contributed by atoms with E-state index in [-0.39, 0.29) is 11.8 Å². The van der Waals surface area contributed by atoms with Crippen LogP contribution in [-0.2, 0) is 4.79 Å². The first-order chi connectivity index (χ1) is 12.1. The van der Waals surface area contributed by atoms with Gasteiger partial charge in [-0.05, 0) is 30.3 Å². The highest BCUT2D eigenvalue weighted by molar-refractivity contribution is 6.30. The summed E-state index contributed by atoms with van der Waals surface area (Å²) in [5.41, 5.74) is 0.700. The molecule has 2 amide bonds. The molecule has 6 nitrogen and oxygen atoms in total. The van der Waals surface area contributed by atoms with E-state index < -0.39 is 0 Å². The molecule has 0 bridgehead atoms. The van der Waals surface area contributed by atoms with Crippen molar-refractivity contribution in [1.82, 2.24) is 9.80 Å². The van der Waals surface area contributed by atoms with E-state index in [4.69, 9.17) is 16.0 Å². The van der Waals surface area contributed by atoms with Crippen molar-refractivity contribution in [2.45, 2.75) is 6.42 Å². The number of piperazine rings is 1. The molecule has 7 heteroatoms. The highest BCUT2D eigenvalue weighted by Gasteiger charge is 2.23. The van der Waals surface area contributed by atoms with E-state index >= 15 is 0 Å². The van der Waals surface area contributed by atoms with Crippen LogP contribution in [0.15, 0.2) is 47.1 Å². The summed E-state index contributed by atoms with van der Waals surface area (Å²) in [6.45, 7) is 3.42. The van der Waals surface area contributed by atoms with Crippen molar-refractivity contribution in [2.75, 3.05) is 38.0 Å². The lowest BCUT2D eigenvalue weighted by Crippen LogP contribution is -2.49. The van der Waals surface area contributed by atoms with Crippen LogP contribution in [-0.4, -0.2) is 54.3 Å². The minimum absolute atomic E-state index is 0.0450. The predicted octanol–water partition coefficient (Wildman–Crippen LogP) is 2.72. The number of rotatable bonds is 5. The Morgan fingerprint density at radius 1 is 1.12 bits per heavy atom. The third-order valence-corrected chi connectivity index (χ3v) is 4.39. The van der Waals surface area contributed by atoms with Crippen LogP contribution in [0.4, 0.5) is 5.69 Å². The van der Waals surface area contributed by atoms with E-state index in [1.54, 1.807) is 35.2 Å². The van der Waals surface area contributed by atoms with Crippen LogP contribution in [0, 0.1) is 0 Å². The predicted molar refractivity (Wildman–Crippen MR) is 95.8 cm³/mol. The number of anilines is 1. The van der Waals surface area contributed by atoms with Gasteiger partial charge in [0, 0.05) is 49.9 Å². The minimum atomic E-state index is -0.0802. The zero-order chi connectivity index (χ0) is 17.6. The van der Waals surface area contributed by atoms with Crippen molar-refractivity contribution in [1.29, 1.82) is 0 Å². The Hall–Kier alpha value is -2.31. The molecule has 1 aromatic carbocycles. The van der Waals surface area contributed by atoms with Gasteiger partial charge in [0.1, 0.15) is 0 Å². The van der Waals surface area contributed by atoms with E-state index in [9.17, 15) is 9.59 Å². The van der Waals surface area contributed by atoms with Gasteiger partial charge < -0.3 is 14.6 Å². The summed E-state index contributed by atoms with van der Waals surface area (Å²) >= 11 is 5.90. The Balaban J connectivity index is 1.40. The molecule has 0 saturated carbocycles. The van der Waals surface area contributed by atoms with Gasteiger partial charge >= 0.3 is 0 Å². The molecule has 1 aromatic heterocycles. The summed E-state index contributed by atoms with van der Waals surface area (Å²) in [6.07, 6.45) is 1.90. The third-order valence-electron chi connectivity index (χ3n) is 4.15. The third kappa shape index (κ3) is 4.84. The van der Waals surface area contributed by atoms with Crippen molar-refractivity contribution in [2.24, 2.45) is 0 Å². The van der Waals surface area contributed by atoms with Gasteiger partial charge in [-0.3, -0.25) is 14.5 Å². The highest BCUT2D eigenvalue weighted by Crippen LogP contribution is 2.15. The summed E-state index contributed by atoms with van der Waals surface area (Å²) in [4.78, 5) is 28.2. The van der Waals surface area contributed by atoms with Crippen LogP contribution >= 0.6 is 11.6 Å². The summed E-state index contributed by atoms with van der Waals surface area (Å²) in [5.74, 6) is 0.244. The van der Waals surface area contributed by atoms with Gasteiger partial charge in [0.2, 0.25) is 5.91 Å². The van der Waals surface area contributed by atoms with Gasteiger partial charge in [-0.15, -0.1) is 0 Å². The molecule has 2 heterocycles. The number of carbonyl (C=O) groups is 2. The molecule has 0 unspecified atom stereocenters. The van der Waals surface area contributed by atoms with E-state index in [2.05, 4.69) is 10.2 Å². The molecule has 132 valence electrons. The lowest BCUT2D eigenvalue weighted by atomic mass is 10.2. The smallest absolute Gasteiger partial charge is 0.289 e. The fourth-order valence-electron chi connectivity index (χ4n) is 2.78. The first-order valence-corrected chi connectivity index (χ1v) is 8.60. The van der Waals surface area contributed by atoms with Gasteiger partial charge in [-0.25, -0.2) is 0 Å². The summed E-state index contributed by atoms with van der Waals surface area (Å²) in [5, 5.41) is 3.43. The van der Waals surface area contributed by atoms with Gasteiger partial charge in [0.25, 0.3) is 5.91 Å². The molecule has 0 aliphatic carbocycles. The number of hydrogen-bond acceptors (Lipinski definition) is 4. The topological polar surface area (TPSA) is 65.8 Å². The van der Waals surface area contributed by atoms with Crippen LogP contribution in [0.5, 0.6) is 0 Å². The number of furan rings is 1. The van der Waals surface area contributed by atoms with Crippen LogP contribution < -0.4 is 5.32 Å². The second-order valence-corrected chi connectivity index (χ2v) is 6.36. The van der Waals surface area contributed by atoms with E-state index in [0.717, 1.165) is 13.1 Å². The molecule has 0 spiro atoms. The van der Waals surface area contributed by atoms with E-state index in [0.29, 0.717) is 42.5 Å². The zero-order valence-corrected chi connectivity index (χ0v) is 14.5. The SMILES string of the molecule is O=C(CCN1CCN(C(=O)c2ccco2)CC1)Nc1cccc(Cl)c1. The first-order valence-electron chi connectivity index (χ1n) is 8.22. The molecule has 0 atom stereocenters. The molecule has 1 N–H and O–H groups in total. The van der Waals surface area contributed by atoms with Crippen LogP contribution in [0.1, 0.15) is 17.0 Å². The van der Waals surface area contributed by atoms with Crippen molar-refractivity contribution >= 4 is 29.1 Å². The van der Waals surface area contributed by atoms with Crippen molar-refractivity contribution in [3.8, 4) is 0 Å². The van der Waals surface area contributed by atoms with Gasteiger partial charge in [0.15, 0.2) is 5.76 Å². The Bertz CT molecular complexity index is 725. The largest absolute Gasteiger partial charge is 0.459 e. The second kappa shape index (κ2) is 8.18. The number of nitrogens with one attached hydrogen (secondary N) is 1. The number of carbonyl (C=O) groups excluding carboxylic acids is 2. The Morgan fingerprint density at radius 2 is 1.92 bits per heavy atom. The van der Waals surface area contributed by atoms with E-state index in [1.807, 2.05) is 6.07 Å². The van der Waals surface area contributed by atoms with Crippen LogP contribution in [0.2, 0.25) is 5.02 Å². The monoisotopic (exact) mass is 361 g/mol. The minimum Gasteiger partial charge on any atom is -0.459 e. The molecule has 2 aromatic rings. The number of hydrogen-bond donors (Lipinski definition) is 1. The maximum absolute atomic E-state index is 12.2. The number of amides is 2. The van der Waals surface area contributed by atoms with Gasteiger partial charge in [-0.1, -0.05) is 17.7 Å². The van der Waals surface area contributed by atoms with Crippen LogP contribution in [0.25, 0.3) is 0 Å². The van der Waals surface area contributed by atoms with Gasteiger partial charge in [0.05, 0.1) is 6.26 Å². The normalized spacial score (nSPS) is 15.2. The maximum atomic E-state index is 12.2. The number of benzene rings is 1. The maximum Gasteiger partial charge on any atom is 0.289 e. The summed E-state index contributed by atoms with van der Waals surface area (Å²) in [6, 6.07) is 10.5. The highest BCUT2D eigenvalue weighted by atomic mass is 35.5. The fourth-order valence-corrected chi connectivity index (χ4v) is 2.97. The van der Waals surface area contributed by atoms with Gasteiger partial charge in [-0.2, -0.15) is 0 Å². The molecule has 1 saturated heterocycles. The molecule has 3 rings (SSSR count). The molecule has 25 heavy (non-hydrogen) atoms. The molecule has 0 radical (unpaired) electrons. The fraction of sp³-hybridized carbons (Fsp3) is 0.333. The van der Waals surface area contributed by atoms with Crippen molar-refractivity contribution in [3.63, 3.8) is 0 Å². The lowest BCUT2D eigenvalue weighted by molar-refractivity contribution is -0.116. The lowest BCUT2D eigenvalue weighted by Gasteiger charge is -2.34. The number of halogens is 1. The summed E-state index contributed by atoms with van der Waals surface area (Å²) in [7, 11) is 0. The quantitative estimate of drug-likeness (QED) is 0.889. The van der Waals surface area contributed by atoms with Crippen molar-refractivity contribution in [3.05, 3.63) is 53.4 Å². The zero-order valence-electron chi connectivity index (χ0n) is 13.8. The molecular weight excluding hydrogens is 342 g/mol. The Labute approximate surface area is 151 Å². The van der Waals surface area contributed by atoms with Crippen molar-refractivity contribution < 1.29 is 14.0 Å². The molecule has 1 aliphatic rings. The molecule has 1 aliphatic heterocycles. The molecule has 1 fully saturated rings. The summed E-state index contributed by atoms with van der Waals surface area (Å²) < 4.78 is 5.15. The standard InChI is InChI=1S/C18H20ClN3O3/c19-14-3-1-4-15(13-14)20-17(23)6-7-21-8-10-22(11-9-21)18(24)16-5-2-12-25-16/h1-5,12-13H,6-11H2,(H,20,23). The van der Waals surface area contributed by atoms with E-state index in [1.165, 1.54) is 6.26 Å².